The Morgan fingerprint density at radius 3 is 2.64 bits per heavy atom. The zero-order chi connectivity index (χ0) is 15.9. The van der Waals surface area contributed by atoms with Gasteiger partial charge < -0.3 is 14.4 Å². The lowest BCUT2D eigenvalue weighted by Crippen LogP contribution is -2.34. The second kappa shape index (κ2) is 7.64. The molecule has 0 N–H and O–H groups in total. The molecule has 0 spiro atoms. The van der Waals surface area contributed by atoms with Gasteiger partial charge in [0.25, 0.3) is 0 Å². The number of benzene rings is 1. The van der Waals surface area contributed by atoms with E-state index in [0.29, 0.717) is 6.54 Å². The van der Waals surface area contributed by atoms with E-state index in [9.17, 15) is 9.59 Å². The van der Waals surface area contributed by atoms with Crippen molar-refractivity contribution in [3.8, 4) is 0 Å². The van der Waals surface area contributed by atoms with Gasteiger partial charge in [0.2, 0.25) is 0 Å². The van der Waals surface area contributed by atoms with Gasteiger partial charge in [0.05, 0.1) is 19.3 Å². The molecule has 0 unspecified atom stereocenters. The lowest BCUT2D eigenvalue weighted by atomic mass is 10.0. The average Bonchev–Trinajstić information content (AvgIpc) is 2.52. The van der Waals surface area contributed by atoms with Gasteiger partial charge in [0.15, 0.2) is 0 Å². The quantitative estimate of drug-likeness (QED) is 0.618. The second-order valence-electron chi connectivity index (χ2n) is 4.89. The molecule has 1 aliphatic heterocycles. The third-order valence-electron chi connectivity index (χ3n) is 3.43. The van der Waals surface area contributed by atoms with Gasteiger partial charge in [-0.2, -0.15) is 0 Å². The molecule has 1 aromatic carbocycles. The largest absolute Gasteiger partial charge is 0.463 e. The van der Waals surface area contributed by atoms with Crippen LogP contribution in [0.3, 0.4) is 0 Å². The minimum atomic E-state index is -0.534. The van der Waals surface area contributed by atoms with Crippen LogP contribution in [0.5, 0.6) is 0 Å². The van der Waals surface area contributed by atoms with E-state index < -0.39 is 11.9 Å². The highest BCUT2D eigenvalue weighted by molar-refractivity contribution is 5.99. The molecule has 0 amide bonds. The Hall–Kier alpha value is -2.30. The Labute approximate surface area is 130 Å². The molecule has 0 aliphatic carbocycles. The van der Waals surface area contributed by atoms with Gasteiger partial charge in [-0.3, -0.25) is 0 Å². The number of anilines is 1. The van der Waals surface area contributed by atoms with E-state index in [1.807, 2.05) is 29.2 Å². The van der Waals surface area contributed by atoms with Crippen LogP contribution in [0, 0.1) is 0 Å². The first kappa shape index (κ1) is 16.1. The molecule has 0 aromatic heterocycles. The van der Waals surface area contributed by atoms with Gasteiger partial charge in [0, 0.05) is 12.2 Å². The fraction of sp³-hybridized carbons (Fsp3) is 0.412. The number of ether oxygens (including phenoxy) is 2. The summed E-state index contributed by atoms with van der Waals surface area (Å²) in [6.45, 7) is 4.66. The van der Waals surface area contributed by atoms with E-state index in [2.05, 4.69) is 0 Å². The Morgan fingerprint density at radius 2 is 1.91 bits per heavy atom. The molecule has 0 radical (unpaired) electrons. The van der Waals surface area contributed by atoms with E-state index in [1.54, 1.807) is 13.8 Å². The van der Waals surface area contributed by atoms with Crippen molar-refractivity contribution in [2.24, 2.45) is 0 Å². The lowest BCUT2D eigenvalue weighted by Gasteiger charge is -2.31. The molecule has 0 saturated carbocycles. The first-order chi connectivity index (χ1) is 10.7. The summed E-state index contributed by atoms with van der Waals surface area (Å²) in [5.41, 5.74) is 2.33. The van der Waals surface area contributed by atoms with Gasteiger partial charge in [-0.15, -0.1) is 0 Å². The molecule has 1 aliphatic rings. The van der Waals surface area contributed by atoms with Crippen LogP contribution in [-0.2, 0) is 25.5 Å². The molecule has 0 bridgehead atoms. The minimum absolute atomic E-state index is 0.229. The maximum Gasteiger partial charge on any atom is 0.355 e. The van der Waals surface area contributed by atoms with Crippen molar-refractivity contribution in [3.05, 3.63) is 41.6 Å². The van der Waals surface area contributed by atoms with Crippen molar-refractivity contribution in [2.45, 2.75) is 26.7 Å². The van der Waals surface area contributed by atoms with E-state index in [0.717, 1.165) is 24.1 Å². The number of hydrogen-bond donors (Lipinski definition) is 0. The molecule has 0 fully saturated rings. The smallest absolute Gasteiger partial charge is 0.355 e. The van der Waals surface area contributed by atoms with Crippen molar-refractivity contribution in [1.82, 2.24) is 0 Å². The summed E-state index contributed by atoms with van der Waals surface area (Å²) in [5, 5.41) is 0. The van der Waals surface area contributed by atoms with Crippen molar-refractivity contribution in [1.29, 1.82) is 0 Å². The number of rotatable bonds is 5. The van der Waals surface area contributed by atoms with Crippen LogP contribution in [0.25, 0.3) is 0 Å². The molecule has 5 nitrogen and oxygen atoms in total. The molecule has 2 rings (SSSR count). The number of fused-ring (bicyclic) bond motifs is 1. The summed E-state index contributed by atoms with van der Waals surface area (Å²) >= 11 is 0. The zero-order valence-corrected chi connectivity index (χ0v) is 13.0. The zero-order valence-electron chi connectivity index (χ0n) is 13.0. The van der Waals surface area contributed by atoms with E-state index >= 15 is 0 Å². The molecule has 1 aromatic rings. The highest BCUT2D eigenvalue weighted by atomic mass is 16.5. The van der Waals surface area contributed by atoms with E-state index in [1.165, 1.54) is 6.08 Å². The van der Waals surface area contributed by atoms with Crippen LogP contribution in [0.2, 0.25) is 0 Å². The van der Waals surface area contributed by atoms with Gasteiger partial charge >= 0.3 is 11.9 Å². The predicted octanol–water partition coefficient (Wildman–Crippen LogP) is 2.45. The Kier molecular flexibility index (Phi) is 5.58. The van der Waals surface area contributed by atoms with Crippen molar-refractivity contribution in [2.75, 3.05) is 24.7 Å². The third-order valence-corrected chi connectivity index (χ3v) is 3.43. The topological polar surface area (TPSA) is 55.8 Å². The number of nitrogens with zero attached hydrogens (tertiary/aromatic N) is 1. The van der Waals surface area contributed by atoms with Crippen LogP contribution in [-0.4, -0.2) is 31.7 Å². The summed E-state index contributed by atoms with van der Waals surface area (Å²) in [5.74, 6) is -1.04. The number of para-hydroxylation sites is 1. The van der Waals surface area contributed by atoms with Gasteiger partial charge in [-0.25, -0.2) is 9.59 Å². The normalized spacial score (nSPS) is 14.3. The van der Waals surface area contributed by atoms with Crippen LogP contribution < -0.4 is 4.90 Å². The molecule has 5 heteroatoms. The fourth-order valence-electron chi connectivity index (χ4n) is 2.53. The number of esters is 2. The molecule has 0 atom stereocenters. The maximum atomic E-state index is 12.3. The summed E-state index contributed by atoms with van der Waals surface area (Å²) < 4.78 is 10.0. The van der Waals surface area contributed by atoms with Crippen molar-refractivity contribution >= 4 is 17.6 Å². The molecule has 118 valence electrons. The Morgan fingerprint density at radius 1 is 1.18 bits per heavy atom. The van der Waals surface area contributed by atoms with Crippen LogP contribution in [0.4, 0.5) is 5.69 Å². The maximum absolute atomic E-state index is 12.3. The van der Waals surface area contributed by atoms with Crippen LogP contribution >= 0.6 is 0 Å². The third kappa shape index (κ3) is 3.67. The van der Waals surface area contributed by atoms with Crippen LogP contribution in [0.15, 0.2) is 36.0 Å². The lowest BCUT2D eigenvalue weighted by molar-refractivity contribution is -0.141. The summed E-state index contributed by atoms with van der Waals surface area (Å²) in [7, 11) is 0. The van der Waals surface area contributed by atoms with Crippen molar-refractivity contribution in [3.63, 3.8) is 0 Å². The highest BCUT2D eigenvalue weighted by Gasteiger charge is 2.26. The predicted molar refractivity (Wildman–Crippen MR) is 83.5 cm³/mol. The average molecular weight is 303 g/mol. The second-order valence-corrected chi connectivity index (χ2v) is 4.89. The Balaban J connectivity index is 2.37. The number of carbonyl (C=O) groups excluding carboxylic acids is 2. The summed E-state index contributed by atoms with van der Waals surface area (Å²) in [6, 6.07) is 7.88. The van der Waals surface area contributed by atoms with Crippen molar-refractivity contribution < 1.29 is 19.1 Å². The number of carbonyl (C=O) groups is 2. The number of aryl methyl sites for hydroxylation is 1. The first-order valence-electron chi connectivity index (χ1n) is 7.58. The summed E-state index contributed by atoms with van der Waals surface area (Å²) in [6.07, 6.45) is 3.10. The Bertz CT molecular complexity index is 580. The van der Waals surface area contributed by atoms with Gasteiger partial charge in [-0.1, -0.05) is 18.2 Å². The van der Waals surface area contributed by atoms with E-state index in [4.69, 9.17) is 9.47 Å². The minimum Gasteiger partial charge on any atom is -0.463 e. The molecule has 1 heterocycles. The van der Waals surface area contributed by atoms with Crippen LogP contribution in [0.1, 0.15) is 25.8 Å². The number of hydrogen-bond acceptors (Lipinski definition) is 5. The molecule has 0 saturated heterocycles. The SMILES string of the molecule is CCOC(=O)/C=C(/C(=O)OCC)N1CCCc2ccccc21. The standard InChI is InChI=1S/C17H21NO4/c1-3-21-16(19)12-15(17(20)22-4-2)18-11-7-9-13-8-5-6-10-14(13)18/h5-6,8,10,12H,3-4,7,9,11H2,1-2H3/b15-12-. The monoisotopic (exact) mass is 303 g/mol. The van der Waals surface area contributed by atoms with E-state index in [-0.39, 0.29) is 18.9 Å². The highest BCUT2D eigenvalue weighted by Crippen LogP contribution is 2.30. The fourth-order valence-corrected chi connectivity index (χ4v) is 2.53. The first-order valence-corrected chi connectivity index (χ1v) is 7.58. The molecule has 22 heavy (non-hydrogen) atoms. The van der Waals surface area contributed by atoms with Gasteiger partial charge in [0.1, 0.15) is 5.70 Å². The molecular formula is C17H21NO4. The molecular weight excluding hydrogens is 282 g/mol. The van der Waals surface area contributed by atoms with Gasteiger partial charge in [-0.05, 0) is 38.3 Å². The summed E-state index contributed by atoms with van der Waals surface area (Å²) in [4.78, 5) is 25.9.